The Bertz CT molecular complexity index is 302. The third-order valence-electron chi connectivity index (χ3n) is 2.47. The molecule has 0 saturated heterocycles. The number of rotatable bonds is 7. The summed E-state index contributed by atoms with van der Waals surface area (Å²) in [6, 6.07) is 2.46. The molecular formula is C13H22N2O. The molecule has 0 saturated carbocycles. The first kappa shape index (κ1) is 13.0. The van der Waals surface area contributed by atoms with Gasteiger partial charge in [-0.1, -0.05) is 20.8 Å². The standard InChI is InChI=1S/C13H22N2O/c1-4-7-16-12-8-11(9-14-10-12)13(5-2)15-6-3/h8-10,13,15H,4-7H2,1-3H3. The molecule has 1 rings (SSSR count). The van der Waals surface area contributed by atoms with E-state index in [2.05, 4.69) is 37.1 Å². The second kappa shape index (κ2) is 7.23. The van der Waals surface area contributed by atoms with Gasteiger partial charge in [0.2, 0.25) is 0 Å². The van der Waals surface area contributed by atoms with E-state index in [0.29, 0.717) is 6.04 Å². The number of nitrogens with one attached hydrogen (secondary N) is 1. The van der Waals surface area contributed by atoms with Crippen LogP contribution in [0.1, 0.15) is 45.2 Å². The van der Waals surface area contributed by atoms with Gasteiger partial charge in [0, 0.05) is 12.2 Å². The highest BCUT2D eigenvalue weighted by Gasteiger charge is 2.08. The van der Waals surface area contributed by atoms with Crippen LogP contribution in [0.25, 0.3) is 0 Å². The van der Waals surface area contributed by atoms with Crippen molar-refractivity contribution in [3.63, 3.8) is 0 Å². The number of hydrogen-bond donors (Lipinski definition) is 1. The third kappa shape index (κ3) is 3.81. The van der Waals surface area contributed by atoms with Crippen LogP contribution in [0.3, 0.4) is 0 Å². The lowest BCUT2D eigenvalue weighted by Gasteiger charge is -2.16. The predicted octanol–water partition coefficient (Wildman–Crippen LogP) is 2.93. The van der Waals surface area contributed by atoms with Crippen LogP contribution in [0.4, 0.5) is 0 Å². The van der Waals surface area contributed by atoms with Crippen molar-refractivity contribution in [2.24, 2.45) is 0 Å². The summed E-state index contributed by atoms with van der Waals surface area (Å²) in [7, 11) is 0. The average molecular weight is 222 g/mol. The molecule has 1 unspecified atom stereocenters. The number of ether oxygens (including phenoxy) is 1. The first-order valence-corrected chi connectivity index (χ1v) is 6.12. The van der Waals surface area contributed by atoms with Gasteiger partial charge in [-0.05, 0) is 31.0 Å². The van der Waals surface area contributed by atoms with E-state index >= 15 is 0 Å². The van der Waals surface area contributed by atoms with Gasteiger partial charge in [0.05, 0.1) is 12.8 Å². The summed E-state index contributed by atoms with van der Waals surface area (Å²) in [5.74, 6) is 0.871. The maximum Gasteiger partial charge on any atom is 0.137 e. The smallest absolute Gasteiger partial charge is 0.137 e. The third-order valence-corrected chi connectivity index (χ3v) is 2.47. The zero-order valence-corrected chi connectivity index (χ0v) is 10.5. The lowest BCUT2D eigenvalue weighted by Crippen LogP contribution is -2.20. The van der Waals surface area contributed by atoms with Gasteiger partial charge in [0.15, 0.2) is 0 Å². The summed E-state index contributed by atoms with van der Waals surface area (Å²) in [6.45, 7) is 8.12. The zero-order chi connectivity index (χ0) is 11.8. The largest absolute Gasteiger partial charge is 0.492 e. The molecule has 1 aromatic rings. The Morgan fingerprint density at radius 1 is 1.31 bits per heavy atom. The molecule has 3 nitrogen and oxygen atoms in total. The molecule has 0 bridgehead atoms. The normalized spacial score (nSPS) is 12.4. The molecule has 0 aliphatic carbocycles. The predicted molar refractivity (Wildman–Crippen MR) is 66.7 cm³/mol. The number of hydrogen-bond acceptors (Lipinski definition) is 3. The SMILES string of the molecule is CCCOc1cncc(C(CC)NCC)c1. The average Bonchev–Trinajstić information content (AvgIpc) is 2.33. The molecule has 0 spiro atoms. The van der Waals surface area contributed by atoms with Crippen LogP contribution in [0.15, 0.2) is 18.5 Å². The summed E-state index contributed by atoms with van der Waals surface area (Å²) < 4.78 is 5.58. The molecule has 1 aromatic heterocycles. The van der Waals surface area contributed by atoms with Gasteiger partial charge >= 0.3 is 0 Å². The van der Waals surface area contributed by atoms with Crippen LogP contribution in [0.5, 0.6) is 5.75 Å². The van der Waals surface area contributed by atoms with E-state index in [1.54, 1.807) is 6.20 Å². The van der Waals surface area contributed by atoms with Crippen LogP contribution in [-0.2, 0) is 0 Å². The summed E-state index contributed by atoms with van der Waals surface area (Å²) in [5, 5.41) is 3.44. The first-order chi connectivity index (χ1) is 7.81. The molecular weight excluding hydrogens is 200 g/mol. The fourth-order valence-electron chi connectivity index (χ4n) is 1.67. The summed E-state index contributed by atoms with van der Waals surface area (Å²) >= 11 is 0. The maximum atomic E-state index is 5.58. The van der Waals surface area contributed by atoms with Gasteiger partial charge in [0.1, 0.15) is 5.75 Å². The fraction of sp³-hybridized carbons (Fsp3) is 0.615. The van der Waals surface area contributed by atoms with Gasteiger partial charge in [-0.2, -0.15) is 0 Å². The molecule has 3 heteroatoms. The van der Waals surface area contributed by atoms with Crippen LogP contribution >= 0.6 is 0 Å². The van der Waals surface area contributed by atoms with E-state index in [-0.39, 0.29) is 0 Å². The topological polar surface area (TPSA) is 34.1 Å². The van der Waals surface area contributed by atoms with E-state index in [4.69, 9.17) is 4.74 Å². The molecule has 90 valence electrons. The highest BCUT2D eigenvalue weighted by Crippen LogP contribution is 2.20. The Labute approximate surface area is 98.2 Å². The van der Waals surface area contributed by atoms with Crippen molar-refractivity contribution in [2.75, 3.05) is 13.2 Å². The molecule has 1 atom stereocenters. The Balaban J connectivity index is 2.71. The highest BCUT2D eigenvalue weighted by molar-refractivity contribution is 5.25. The summed E-state index contributed by atoms with van der Waals surface area (Å²) in [5.41, 5.74) is 1.21. The monoisotopic (exact) mass is 222 g/mol. The van der Waals surface area contributed by atoms with Crippen molar-refractivity contribution in [3.05, 3.63) is 24.0 Å². The van der Waals surface area contributed by atoms with Gasteiger partial charge in [-0.25, -0.2) is 0 Å². The Morgan fingerprint density at radius 3 is 2.75 bits per heavy atom. The van der Waals surface area contributed by atoms with E-state index in [1.807, 2.05) is 6.20 Å². The summed E-state index contributed by atoms with van der Waals surface area (Å²) in [4.78, 5) is 4.22. The fourth-order valence-corrected chi connectivity index (χ4v) is 1.67. The zero-order valence-electron chi connectivity index (χ0n) is 10.5. The molecule has 1 heterocycles. The second-order valence-corrected chi connectivity index (χ2v) is 3.82. The van der Waals surface area contributed by atoms with Crippen molar-refractivity contribution in [1.29, 1.82) is 0 Å². The van der Waals surface area contributed by atoms with E-state index in [0.717, 1.165) is 31.7 Å². The van der Waals surface area contributed by atoms with Crippen molar-refractivity contribution in [1.82, 2.24) is 10.3 Å². The molecule has 0 fully saturated rings. The van der Waals surface area contributed by atoms with Gasteiger partial charge in [-0.3, -0.25) is 4.98 Å². The van der Waals surface area contributed by atoms with Gasteiger partial charge in [0.25, 0.3) is 0 Å². The lowest BCUT2D eigenvalue weighted by molar-refractivity contribution is 0.315. The highest BCUT2D eigenvalue weighted by atomic mass is 16.5. The molecule has 0 amide bonds. The minimum atomic E-state index is 0.377. The summed E-state index contributed by atoms with van der Waals surface area (Å²) in [6.07, 6.45) is 5.77. The van der Waals surface area contributed by atoms with Crippen molar-refractivity contribution in [2.45, 2.75) is 39.7 Å². The second-order valence-electron chi connectivity index (χ2n) is 3.82. The minimum absolute atomic E-state index is 0.377. The number of pyridine rings is 1. The van der Waals surface area contributed by atoms with Crippen molar-refractivity contribution < 1.29 is 4.74 Å². The molecule has 0 radical (unpaired) electrons. The Hall–Kier alpha value is -1.09. The van der Waals surface area contributed by atoms with Crippen LogP contribution in [0, 0.1) is 0 Å². The van der Waals surface area contributed by atoms with Crippen molar-refractivity contribution in [3.8, 4) is 5.75 Å². The number of aromatic nitrogens is 1. The molecule has 0 aromatic carbocycles. The molecule has 1 N–H and O–H groups in total. The van der Waals surface area contributed by atoms with Crippen LogP contribution in [-0.4, -0.2) is 18.1 Å². The minimum Gasteiger partial charge on any atom is -0.492 e. The van der Waals surface area contributed by atoms with Crippen LogP contribution < -0.4 is 10.1 Å². The molecule has 16 heavy (non-hydrogen) atoms. The first-order valence-electron chi connectivity index (χ1n) is 6.12. The maximum absolute atomic E-state index is 5.58. The molecule has 0 aliphatic rings. The lowest BCUT2D eigenvalue weighted by atomic mass is 10.1. The van der Waals surface area contributed by atoms with E-state index in [1.165, 1.54) is 5.56 Å². The van der Waals surface area contributed by atoms with Crippen molar-refractivity contribution >= 4 is 0 Å². The van der Waals surface area contributed by atoms with E-state index in [9.17, 15) is 0 Å². The Kier molecular flexibility index (Phi) is 5.86. The van der Waals surface area contributed by atoms with E-state index < -0.39 is 0 Å². The van der Waals surface area contributed by atoms with Gasteiger partial charge < -0.3 is 10.1 Å². The quantitative estimate of drug-likeness (QED) is 0.770. The van der Waals surface area contributed by atoms with Crippen LogP contribution in [0.2, 0.25) is 0 Å². The number of nitrogens with zero attached hydrogens (tertiary/aromatic N) is 1. The molecule has 0 aliphatic heterocycles. The van der Waals surface area contributed by atoms with Gasteiger partial charge in [-0.15, -0.1) is 0 Å². The Morgan fingerprint density at radius 2 is 2.12 bits per heavy atom.